The average Bonchev–Trinajstić information content (AvgIpc) is 3.43. The van der Waals surface area contributed by atoms with Crippen molar-refractivity contribution in [1.82, 2.24) is 14.1 Å². The first-order valence-electron chi connectivity index (χ1n) is 10.0. The fourth-order valence-electron chi connectivity index (χ4n) is 4.07. The Kier molecular flexibility index (Phi) is 5.18. The Bertz CT molecular complexity index is 856. The van der Waals surface area contributed by atoms with Crippen molar-refractivity contribution in [3.63, 3.8) is 0 Å². The van der Waals surface area contributed by atoms with Crippen LogP contribution in [0.25, 0.3) is 0 Å². The van der Waals surface area contributed by atoms with Gasteiger partial charge in [0.15, 0.2) is 0 Å². The highest BCUT2D eigenvalue weighted by Crippen LogP contribution is 2.32. The summed E-state index contributed by atoms with van der Waals surface area (Å²) in [7, 11) is -3.69. The monoisotopic (exact) mass is 405 g/mol. The van der Waals surface area contributed by atoms with Gasteiger partial charge in [0.2, 0.25) is 21.8 Å². The van der Waals surface area contributed by atoms with Gasteiger partial charge in [-0.15, -0.1) is 0 Å². The van der Waals surface area contributed by atoms with E-state index in [2.05, 4.69) is 0 Å². The van der Waals surface area contributed by atoms with Crippen molar-refractivity contribution in [2.45, 2.75) is 43.5 Å². The molecule has 2 aliphatic heterocycles. The van der Waals surface area contributed by atoms with E-state index in [1.807, 2.05) is 11.8 Å². The summed E-state index contributed by atoms with van der Waals surface area (Å²) in [5.41, 5.74) is 0.992. The highest BCUT2D eigenvalue weighted by atomic mass is 32.2. The standard InChI is InChI=1S/C20H27N3O4S/c1-15-4-8-17(9-5-15)28(26,27)23-10-2-3-18(23)20(25)22-13-11-21(12-14-22)19(24)16-6-7-16/h4-5,8-9,16,18H,2-3,6-7,10-14H2,1H3/t18-/m0/s1. The molecule has 8 heteroatoms. The van der Waals surface area contributed by atoms with Crippen LogP contribution in [0.15, 0.2) is 29.2 Å². The number of amides is 2. The second-order valence-corrected chi connectivity index (χ2v) is 9.90. The first-order chi connectivity index (χ1) is 13.4. The van der Waals surface area contributed by atoms with E-state index in [1.54, 1.807) is 29.2 Å². The van der Waals surface area contributed by atoms with Gasteiger partial charge in [-0.2, -0.15) is 4.31 Å². The molecule has 2 amide bonds. The zero-order valence-corrected chi connectivity index (χ0v) is 17.0. The van der Waals surface area contributed by atoms with Crippen molar-refractivity contribution in [1.29, 1.82) is 0 Å². The van der Waals surface area contributed by atoms with Crippen molar-refractivity contribution in [2.24, 2.45) is 5.92 Å². The summed E-state index contributed by atoms with van der Waals surface area (Å²) in [5.74, 6) is 0.260. The number of aryl methyl sites for hydroxylation is 1. The first-order valence-corrected chi connectivity index (χ1v) is 11.5. The summed E-state index contributed by atoms with van der Waals surface area (Å²) in [6.07, 6.45) is 3.19. The normalized spacial score (nSPS) is 23.8. The van der Waals surface area contributed by atoms with Crippen LogP contribution >= 0.6 is 0 Å². The number of hydrogen-bond donors (Lipinski definition) is 0. The number of nitrogens with zero attached hydrogens (tertiary/aromatic N) is 3. The molecule has 0 unspecified atom stereocenters. The number of hydrogen-bond acceptors (Lipinski definition) is 4. The van der Waals surface area contributed by atoms with Crippen molar-refractivity contribution < 1.29 is 18.0 Å². The zero-order valence-electron chi connectivity index (χ0n) is 16.2. The van der Waals surface area contributed by atoms with Crippen molar-refractivity contribution >= 4 is 21.8 Å². The molecule has 28 heavy (non-hydrogen) atoms. The SMILES string of the molecule is Cc1ccc(S(=O)(=O)N2CCC[C@H]2C(=O)N2CCN(C(=O)C3CC3)CC2)cc1. The van der Waals surface area contributed by atoms with E-state index in [9.17, 15) is 18.0 Å². The van der Waals surface area contributed by atoms with Crippen LogP contribution in [0, 0.1) is 12.8 Å². The van der Waals surface area contributed by atoms with Crippen molar-refractivity contribution in [3.8, 4) is 0 Å². The molecule has 0 bridgehead atoms. The molecule has 2 saturated heterocycles. The third kappa shape index (κ3) is 3.67. The lowest BCUT2D eigenvalue weighted by molar-refractivity contribution is -0.142. The highest BCUT2D eigenvalue weighted by molar-refractivity contribution is 7.89. The van der Waals surface area contributed by atoms with Gasteiger partial charge < -0.3 is 9.80 Å². The number of benzene rings is 1. The van der Waals surface area contributed by atoms with Gasteiger partial charge in [-0.1, -0.05) is 17.7 Å². The van der Waals surface area contributed by atoms with Gasteiger partial charge in [-0.25, -0.2) is 8.42 Å². The summed E-state index contributed by atoms with van der Waals surface area (Å²) in [4.78, 5) is 29.1. The largest absolute Gasteiger partial charge is 0.339 e. The zero-order chi connectivity index (χ0) is 19.9. The van der Waals surface area contributed by atoms with E-state index >= 15 is 0 Å². The lowest BCUT2D eigenvalue weighted by atomic mass is 10.2. The number of piperazine rings is 1. The summed E-state index contributed by atoms with van der Waals surface area (Å²) in [6.45, 7) is 4.31. The van der Waals surface area contributed by atoms with Crippen LogP contribution < -0.4 is 0 Å². The van der Waals surface area contributed by atoms with Gasteiger partial charge in [-0.05, 0) is 44.7 Å². The van der Waals surface area contributed by atoms with Gasteiger partial charge in [0, 0.05) is 38.6 Å². The molecule has 2 heterocycles. The maximum absolute atomic E-state index is 13.1. The minimum Gasteiger partial charge on any atom is -0.339 e. The van der Waals surface area contributed by atoms with E-state index in [0.29, 0.717) is 45.6 Å². The van der Waals surface area contributed by atoms with Crippen LogP contribution in [0.3, 0.4) is 0 Å². The molecule has 1 saturated carbocycles. The van der Waals surface area contributed by atoms with Crippen LogP contribution in [0.4, 0.5) is 0 Å². The van der Waals surface area contributed by atoms with Crippen LogP contribution in [-0.2, 0) is 19.6 Å². The summed E-state index contributed by atoms with van der Waals surface area (Å²) >= 11 is 0. The molecule has 3 fully saturated rings. The predicted molar refractivity (Wildman–Crippen MR) is 104 cm³/mol. The molecule has 152 valence electrons. The van der Waals surface area contributed by atoms with E-state index in [4.69, 9.17) is 0 Å². The quantitative estimate of drug-likeness (QED) is 0.755. The van der Waals surface area contributed by atoms with E-state index < -0.39 is 16.1 Å². The van der Waals surface area contributed by atoms with Crippen LogP contribution in [-0.4, -0.2) is 73.1 Å². The molecule has 0 N–H and O–H groups in total. The van der Waals surface area contributed by atoms with Gasteiger partial charge in [0.05, 0.1) is 4.90 Å². The Labute approximate surface area is 166 Å². The van der Waals surface area contributed by atoms with Crippen LogP contribution in [0.5, 0.6) is 0 Å². The summed E-state index contributed by atoms with van der Waals surface area (Å²) in [6, 6.07) is 6.11. The molecule has 1 aromatic carbocycles. The number of sulfonamides is 1. The van der Waals surface area contributed by atoms with Gasteiger partial charge in [0.25, 0.3) is 0 Å². The molecule has 3 aliphatic rings. The van der Waals surface area contributed by atoms with Gasteiger partial charge in [-0.3, -0.25) is 9.59 Å². The summed E-state index contributed by atoms with van der Waals surface area (Å²) < 4.78 is 27.5. The minimum atomic E-state index is -3.69. The molecular weight excluding hydrogens is 378 g/mol. The van der Waals surface area contributed by atoms with E-state index in [-0.39, 0.29) is 22.6 Å². The smallest absolute Gasteiger partial charge is 0.243 e. The van der Waals surface area contributed by atoms with E-state index in [0.717, 1.165) is 18.4 Å². The Morgan fingerprint density at radius 1 is 0.857 bits per heavy atom. The average molecular weight is 406 g/mol. The molecule has 0 aromatic heterocycles. The van der Waals surface area contributed by atoms with Gasteiger partial charge >= 0.3 is 0 Å². The third-order valence-corrected chi connectivity index (χ3v) is 7.87. The number of rotatable bonds is 4. The minimum absolute atomic E-state index is 0.133. The maximum Gasteiger partial charge on any atom is 0.243 e. The molecule has 1 atom stereocenters. The Morgan fingerprint density at radius 3 is 2.00 bits per heavy atom. The second kappa shape index (κ2) is 7.48. The second-order valence-electron chi connectivity index (χ2n) is 8.01. The highest BCUT2D eigenvalue weighted by Gasteiger charge is 2.42. The fourth-order valence-corrected chi connectivity index (χ4v) is 5.72. The predicted octanol–water partition coefficient (Wildman–Crippen LogP) is 1.23. The molecule has 1 aliphatic carbocycles. The summed E-state index contributed by atoms with van der Waals surface area (Å²) in [5, 5.41) is 0. The maximum atomic E-state index is 13.1. The molecule has 7 nitrogen and oxygen atoms in total. The van der Waals surface area contributed by atoms with Gasteiger partial charge in [0.1, 0.15) is 6.04 Å². The molecule has 1 aromatic rings. The Balaban J connectivity index is 1.43. The molecule has 4 rings (SSSR count). The third-order valence-electron chi connectivity index (χ3n) is 5.95. The van der Waals surface area contributed by atoms with Crippen molar-refractivity contribution in [3.05, 3.63) is 29.8 Å². The van der Waals surface area contributed by atoms with Crippen LogP contribution in [0.2, 0.25) is 0 Å². The Morgan fingerprint density at radius 2 is 1.43 bits per heavy atom. The lowest BCUT2D eigenvalue weighted by Gasteiger charge is -2.37. The molecule has 0 radical (unpaired) electrons. The topological polar surface area (TPSA) is 78.0 Å². The lowest BCUT2D eigenvalue weighted by Crippen LogP contribution is -2.55. The van der Waals surface area contributed by atoms with Crippen LogP contribution in [0.1, 0.15) is 31.2 Å². The fraction of sp³-hybridized carbons (Fsp3) is 0.600. The molecule has 0 spiro atoms. The number of carbonyl (C=O) groups is 2. The Hall–Kier alpha value is -1.93. The number of carbonyl (C=O) groups excluding carboxylic acids is 2. The van der Waals surface area contributed by atoms with E-state index in [1.165, 1.54) is 4.31 Å². The first kappa shape index (κ1) is 19.4. The molecular formula is C20H27N3O4S. The van der Waals surface area contributed by atoms with Crippen molar-refractivity contribution in [2.75, 3.05) is 32.7 Å².